The summed E-state index contributed by atoms with van der Waals surface area (Å²) in [6.07, 6.45) is 5.80. The van der Waals surface area contributed by atoms with Crippen LogP contribution in [0.3, 0.4) is 0 Å². The van der Waals surface area contributed by atoms with E-state index in [4.69, 9.17) is 4.74 Å². The van der Waals surface area contributed by atoms with Crippen LogP contribution in [0, 0.1) is 0 Å². The van der Waals surface area contributed by atoms with Crippen molar-refractivity contribution in [2.45, 2.75) is 96.6 Å². The van der Waals surface area contributed by atoms with Gasteiger partial charge in [0.05, 0.1) is 5.60 Å². The van der Waals surface area contributed by atoms with Crippen molar-refractivity contribution in [3.8, 4) is 0 Å². The summed E-state index contributed by atoms with van der Waals surface area (Å²) in [6.45, 7) is 11.6. The molecular weight excluding hydrogens is 354 g/mol. The van der Waals surface area contributed by atoms with Gasteiger partial charge in [-0.15, -0.1) is 0 Å². The molecule has 4 rings (SSSR count). The van der Waals surface area contributed by atoms with Gasteiger partial charge in [-0.25, -0.2) is 0 Å². The number of rotatable bonds is 5. The molecule has 1 atom stereocenters. The maximum Gasteiger partial charge on any atom is 0.109 e. The molecule has 1 unspecified atom stereocenters. The molecule has 2 nitrogen and oxygen atoms in total. The molecule has 1 aliphatic heterocycles. The second-order valence-corrected chi connectivity index (χ2v) is 9.54. The largest absolute Gasteiger partial charge is 0.358 e. The van der Waals surface area contributed by atoms with Gasteiger partial charge in [0.25, 0.3) is 0 Å². The molecule has 156 valence electrons. The van der Waals surface area contributed by atoms with E-state index in [1.165, 1.54) is 35.1 Å². The van der Waals surface area contributed by atoms with Gasteiger partial charge in [-0.2, -0.15) is 0 Å². The summed E-state index contributed by atoms with van der Waals surface area (Å²) in [5.74, 6) is 0. The minimum absolute atomic E-state index is 0.0700. The Balaban J connectivity index is 1.61. The van der Waals surface area contributed by atoms with E-state index >= 15 is 0 Å². The average Bonchev–Trinajstić information content (AvgIpc) is 3.04. The van der Waals surface area contributed by atoms with Crippen LogP contribution in [-0.4, -0.2) is 23.0 Å². The fourth-order valence-corrected chi connectivity index (χ4v) is 5.91. The second-order valence-electron chi connectivity index (χ2n) is 9.54. The lowest BCUT2D eigenvalue weighted by Gasteiger charge is -2.45. The smallest absolute Gasteiger partial charge is 0.109 e. The van der Waals surface area contributed by atoms with E-state index in [0.29, 0.717) is 18.1 Å². The Morgan fingerprint density at radius 1 is 0.966 bits per heavy atom. The first-order valence-electron chi connectivity index (χ1n) is 11.6. The molecule has 2 aromatic carbocycles. The Hall–Kier alpha value is -1.64. The lowest BCUT2D eigenvalue weighted by atomic mass is 9.76. The molecule has 0 aromatic heterocycles. The quantitative estimate of drug-likeness (QED) is 0.567. The van der Waals surface area contributed by atoms with Crippen molar-refractivity contribution in [3.05, 3.63) is 70.8 Å². The van der Waals surface area contributed by atoms with Crippen LogP contribution in [0.1, 0.15) is 88.7 Å². The topological polar surface area (TPSA) is 12.5 Å². The maximum absolute atomic E-state index is 6.98. The zero-order valence-electron chi connectivity index (χ0n) is 18.8. The van der Waals surface area contributed by atoms with Crippen LogP contribution in [0.5, 0.6) is 0 Å². The van der Waals surface area contributed by atoms with E-state index in [-0.39, 0.29) is 11.7 Å². The monoisotopic (exact) mass is 391 g/mol. The van der Waals surface area contributed by atoms with Gasteiger partial charge in [0, 0.05) is 18.1 Å². The van der Waals surface area contributed by atoms with Gasteiger partial charge in [0.2, 0.25) is 0 Å². The summed E-state index contributed by atoms with van der Waals surface area (Å²) in [5.41, 5.74) is 5.40. The van der Waals surface area contributed by atoms with E-state index in [1.807, 2.05) is 0 Å². The first kappa shape index (κ1) is 20.6. The molecule has 1 fully saturated rings. The molecule has 1 spiro atoms. The van der Waals surface area contributed by atoms with Crippen LogP contribution in [0.2, 0.25) is 0 Å². The number of ether oxygens (including phenoxy) is 1. The molecule has 2 aromatic rings. The zero-order chi connectivity index (χ0) is 20.6. The molecular formula is C27H37NO. The van der Waals surface area contributed by atoms with Crippen molar-refractivity contribution >= 4 is 0 Å². The third kappa shape index (κ3) is 3.78. The van der Waals surface area contributed by atoms with Crippen LogP contribution in [-0.2, 0) is 16.8 Å². The van der Waals surface area contributed by atoms with Gasteiger partial charge in [0.1, 0.15) is 6.10 Å². The highest BCUT2D eigenvalue weighted by Crippen LogP contribution is 2.53. The van der Waals surface area contributed by atoms with Crippen molar-refractivity contribution in [1.29, 1.82) is 0 Å². The minimum Gasteiger partial charge on any atom is -0.358 e. The predicted molar refractivity (Wildman–Crippen MR) is 121 cm³/mol. The lowest BCUT2D eigenvalue weighted by Crippen LogP contribution is -2.48. The molecule has 0 amide bonds. The van der Waals surface area contributed by atoms with Crippen LogP contribution in [0.15, 0.2) is 48.5 Å². The molecule has 2 heteroatoms. The summed E-state index contributed by atoms with van der Waals surface area (Å²) in [7, 11) is 0. The molecule has 2 aliphatic rings. The average molecular weight is 392 g/mol. The van der Waals surface area contributed by atoms with Gasteiger partial charge >= 0.3 is 0 Å². The number of aryl methyl sites for hydroxylation is 1. The molecule has 1 heterocycles. The third-order valence-corrected chi connectivity index (χ3v) is 7.12. The summed E-state index contributed by atoms with van der Waals surface area (Å²) in [4.78, 5) is 2.70. The van der Waals surface area contributed by atoms with Crippen molar-refractivity contribution < 1.29 is 4.74 Å². The van der Waals surface area contributed by atoms with Crippen LogP contribution in [0.4, 0.5) is 0 Å². The summed E-state index contributed by atoms with van der Waals surface area (Å²) in [6, 6.07) is 19.8. The summed E-state index contributed by atoms with van der Waals surface area (Å²) in [5, 5.41) is 0. The molecule has 0 N–H and O–H groups in total. The van der Waals surface area contributed by atoms with Gasteiger partial charge in [-0.1, -0.05) is 55.5 Å². The van der Waals surface area contributed by atoms with E-state index in [0.717, 1.165) is 19.3 Å². The first-order chi connectivity index (χ1) is 13.9. The first-order valence-corrected chi connectivity index (χ1v) is 11.6. The predicted octanol–water partition coefficient (Wildman–Crippen LogP) is 6.63. The fourth-order valence-electron chi connectivity index (χ4n) is 5.91. The maximum atomic E-state index is 6.98. The van der Waals surface area contributed by atoms with Crippen molar-refractivity contribution in [3.63, 3.8) is 0 Å². The fraction of sp³-hybridized carbons (Fsp3) is 0.556. The van der Waals surface area contributed by atoms with Gasteiger partial charge in [-0.05, 0) is 82.1 Å². The highest BCUT2D eigenvalue weighted by molar-refractivity contribution is 5.44. The lowest BCUT2D eigenvalue weighted by molar-refractivity contribution is -0.0993. The van der Waals surface area contributed by atoms with Gasteiger partial charge < -0.3 is 4.74 Å². The number of benzene rings is 2. The van der Waals surface area contributed by atoms with E-state index < -0.39 is 0 Å². The van der Waals surface area contributed by atoms with E-state index in [9.17, 15) is 0 Å². The molecule has 0 saturated heterocycles. The third-order valence-electron chi connectivity index (χ3n) is 7.12. The SMILES string of the molecule is CCc1cccc(C2OC3(CCC(N(C(C)C)C(C)C)CC3)c3ccccc32)c1. The van der Waals surface area contributed by atoms with Crippen LogP contribution >= 0.6 is 0 Å². The standard InChI is InChI=1S/C27H37NO/c1-6-21-10-9-11-22(18-21)26-24-12-7-8-13-25(24)27(29-26)16-14-23(15-17-27)28(19(2)3)20(4)5/h7-13,18-20,23,26H,6,14-17H2,1-5H3. The van der Waals surface area contributed by atoms with Gasteiger partial charge in [-0.3, -0.25) is 4.90 Å². The zero-order valence-corrected chi connectivity index (χ0v) is 18.8. The van der Waals surface area contributed by atoms with Crippen LogP contribution in [0.25, 0.3) is 0 Å². The second kappa shape index (κ2) is 8.24. The van der Waals surface area contributed by atoms with E-state index in [1.54, 1.807) is 0 Å². The van der Waals surface area contributed by atoms with Crippen molar-refractivity contribution in [2.75, 3.05) is 0 Å². The molecule has 0 bridgehead atoms. The number of hydrogen-bond donors (Lipinski definition) is 0. The number of fused-ring (bicyclic) bond motifs is 2. The Morgan fingerprint density at radius 2 is 1.66 bits per heavy atom. The molecule has 1 aliphatic carbocycles. The summed E-state index contributed by atoms with van der Waals surface area (Å²) < 4.78 is 6.98. The summed E-state index contributed by atoms with van der Waals surface area (Å²) >= 11 is 0. The molecule has 0 radical (unpaired) electrons. The van der Waals surface area contributed by atoms with Crippen molar-refractivity contribution in [2.24, 2.45) is 0 Å². The normalized spacial score (nSPS) is 26.6. The van der Waals surface area contributed by atoms with Crippen LogP contribution < -0.4 is 0 Å². The highest BCUT2D eigenvalue weighted by atomic mass is 16.5. The number of hydrogen-bond acceptors (Lipinski definition) is 2. The Labute approximate surface area is 177 Å². The highest BCUT2D eigenvalue weighted by Gasteiger charge is 2.48. The minimum atomic E-state index is -0.111. The van der Waals surface area contributed by atoms with Gasteiger partial charge in [0.15, 0.2) is 0 Å². The Kier molecular flexibility index (Phi) is 5.86. The number of nitrogens with zero attached hydrogens (tertiary/aromatic N) is 1. The van der Waals surface area contributed by atoms with E-state index in [2.05, 4.69) is 88.0 Å². The molecule has 1 saturated carbocycles. The Bertz CT molecular complexity index is 824. The molecule has 29 heavy (non-hydrogen) atoms. The van der Waals surface area contributed by atoms with Crippen molar-refractivity contribution in [1.82, 2.24) is 4.90 Å². The Morgan fingerprint density at radius 3 is 2.31 bits per heavy atom.